The Morgan fingerprint density at radius 1 is 1.18 bits per heavy atom. The quantitative estimate of drug-likeness (QED) is 0.622. The Morgan fingerprint density at radius 3 is 2.71 bits per heavy atom. The summed E-state index contributed by atoms with van der Waals surface area (Å²) in [6.45, 7) is 4.83. The summed E-state index contributed by atoms with van der Waals surface area (Å²) < 4.78 is 5.21. The van der Waals surface area contributed by atoms with Gasteiger partial charge in [-0.25, -0.2) is 0 Å². The molecule has 6 nitrogen and oxygen atoms in total. The molecule has 4 aliphatic rings. The van der Waals surface area contributed by atoms with Crippen LogP contribution in [-0.2, 0) is 9.59 Å². The first-order valence-electron chi connectivity index (χ1n) is 12.9. The second-order valence-electron chi connectivity index (χ2n) is 11.6. The molecule has 34 heavy (non-hydrogen) atoms. The monoisotopic (exact) mass is 465 g/mol. The summed E-state index contributed by atoms with van der Waals surface area (Å²) in [6.07, 6.45) is 11.5. The molecule has 3 fully saturated rings. The number of nitrogens with two attached hydrogens (primary N) is 1. The van der Waals surface area contributed by atoms with Gasteiger partial charge in [0.05, 0.1) is 18.5 Å². The number of anilines is 2. The number of likely N-dealkylation sites (N-methyl/N-ethyl adjacent to an activating group) is 1. The van der Waals surface area contributed by atoms with Gasteiger partial charge in [0.2, 0.25) is 11.8 Å². The minimum absolute atomic E-state index is 0.0527. The van der Waals surface area contributed by atoms with Crippen LogP contribution < -0.4 is 15.8 Å². The number of hydrogen-bond acceptors (Lipinski definition) is 4. The Bertz CT molecular complexity index is 1020. The lowest BCUT2D eigenvalue weighted by molar-refractivity contribution is -0.139. The maximum absolute atomic E-state index is 13.0. The van der Waals surface area contributed by atoms with Gasteiger partial charge in [0.15, 0.2) is 0 Å². The number of nitrogen functional groups attached to an aromatic ring is 1. The van der Waals surface area contributed by atoms with Crippen molar-refractivity contribution in [1.29, 1.82) is 0 Å². The summed E-state index contributed by atoms with van der Waals surface area (Å²) in [5.41, 5.74) is 7.57. The number of fused-ring (bicyclic) bond motifs is 5. The van der Waals surface area contributed by atoms with E-state index in [9.17, 15) is 9.59 Å². The predicted molar refractivity (Wildman–Crippen MR) is 134 cm³/mol. The van der Waals surface area contributed by atoms with E-state index in [4.69, 9.17) is 10.5 Å². The van der Waals surface area contributed by atoms with Crippen LogP contribution in [0, 0.1) is 34.5 Å². The van der Waals surface area contributed by atoms with Gasteiger partial charge in [-0.3, -0.25) is 9.59 Å². The summed E-state index contributed by atoms with van der Waals surface area (Å²) in [6, 6.07) is 5.69. The van der Waals surface area contributed by atoms with Crippen LogP contribution in [-0.4, -0.2) is 36.9 Å². The van der Waals surface area contributed by atoms with E-state index >= 15 is 0 Å². The zero-order chi connectivity index (χ0) is 24.3. The fourth-order valence-corrected chi connectivity index (χ4v) is 8.39. The first kappa shape index (κ1) is 23.3. The number of carbonyl (C=O) groups is 2. The highest BCUT2D eigenvalue weighted by Crippen LogP contribution is 2.66. The van der Waals surface area contributed by atoms with Gasteiger partial charge in [-0.05, 0) is 85.8 Å². The van der Waals surface area contributed by atoms with Crippen LogP contribution in [0.25, 0.3) is 0 Å². The van der Waals surface area contributed by atoms with Crippen molar-refractivity contribution in [1.82, 2.24) is 4.90 Å². The highest BCUT2D eigenvalue weighted by atomic mass is 16.5. The molecule has 2 amide bonds. The molecule has 3 N–H and O–H groups in total. The summed E-state index contributed by atoms with van der Waals surface area (Å²) in [5.74, 6) is 3.23. The lowest BCUT2D eigenvalue weighted by atomic mass is 9.47. The Kier molecular flexibility index (Phi) is 5.69. The van der Waals surface area contributed by atoms with E-state index in [1.807, 2.05) is 24.1 Å². The minimum Gasteiger partial charge on any atom is -0.497 e. The average Bonchev–Trinajstić information content (AvgIpc) is 3.14. The van der Waals surface area contributed by atoms with Crippen molar-refractivity contribution >= 4 is 23.2 Å². The Morgan fingerprint density at radius 2 is 1.97 bits per heavy atom. The number of ether oxygens (including phenoxy) is 1. The maximum Gasteiger partial charge on any atom is 0.246 e. The van der Waals surface area contributed by atoms with Crippen molar-refractivity contribution in [2.24, 2.45) is 34.5 Å². The van der Waals surface area contributed by atoms with Gasteiger partial charge < -0.3 is 20.7 Å². The van der Waals surface area contributed by atoms with E-state index < -0.39 is 0 Å². The number of hydrogen-bond donors (Lipinski definition) is 2. The molecule has 1 heterocycles. The van der Waals surface area contributed by atoms with Crippen LogP contribution in [0.2, 0.25) is 0 Å². The third-order valence-electron chi connectivity index (χ3n) is 10.3. The maximum atomic E-state index is 13.0. The van der Waals surface area contributed by atoms with Gasteiger partial charge in [-0.1, -0.05) is 19.9 Å². The van der Waals surface area contributed by atoms with Crippen LogP contribution in [0.5, 0.6) is 5.75 Å². The molecule has 3 aliphatic carbocycles. The van der Waals surface area contributed by atoms with Crippen LogP contribution in [0.15, 0.2) is 30.4 Å². The van der Waals surface area contributed by atoms with Crippen molar-refractivity contribution in [3.05, 3.63) is 30.4 Å². The van der Waals surface area contributed by atoms with Crippen molar-refractivity contribution in [3.8, 4) is 5.75 Å². The molecule has 1 aromatic carbocycles. The number of amides is 2. The van der Waals surface area contributed by atoms with E-state index in [1.165, 1.54) is 19.3 Å². The summed E-state index contributed by atoms with van der Waals surface area (Å²) in [5, 5.41) is 3.04. The number of nitrogens with one attached hydrogen (secondary N) is 1. The minimum atomic E-state index is 0.0527. The molecule has 1 aromatic rings. The van der Waals surface area contributed by atoms with Gasteiger partial charge in [-0.15, -0.1) is 0 Å². The lowest BCUT2D eigenvalue weighted by Crippen LogP contribution is -2.59. The lowest BCUT2D eigenvalue weighted by Gasteiger charge is -2.60. The van der Waals surface area contributed by atoms with E-state index in [1.54, 1.807) is 19.3 Å². The van der Waals surface area contributed by atoms with Gasteiger partial charge >= 0.3 is 0 Å². The molecule has 0 radical (unpaired) electrons. The summed E-state index contributed by atoms with van der Waals surface area (Å²) in [4.78, 5) is 27.3. The SMILES string of the molecule is COc1ccc(NC(=O)C[C@H]2CCC3C4CCC5N(C)C(=O)C=C[C@]5(C)C4CC[C@@]32C)c(N)c1. The normalized spacial score (nSPS) is 38.6. The first-order chi connectivity index (χ1) is 16.2. The van der Waals surface area contributed by atoms with Gasteiger partial charge in [0.25, 0.3) is 0 Å². The standard InChI is InChI=1S/C28H39N3O3/c1-27-13-11-21-19(7-10-24-28(21,2)14-12-26(33)31(24)3)20(27)8-5-17(27)15-25(32)30-23-9-6-18(34-4)16-22(23)29/h6,9,12,14,16-17,19-21,24H,5,7-8,10-11,13,15,29H2,1-4H3,(H,30,32)/t17-,19?,20?,21?,24?,27-,28-/m1/s1. The topological polar surface area (TPSA) is 84.7 Å². The highest BCUT2D eigenvalue weighted by molar-refractivity contribution is 5.94. The molecule has 0 spiro atoms. The smallest absolute Gasteiger partial charge is 0.246 e. The zero-order valence-corrected chi connectivity index (χ0v) is 21.0. The Hall–Kier alpha value is -2.50. The molecule has 4 unspecified atom stereocenters. The Labute approximate surface area is 203 Å². The fourth-order valence-electron chi connectivity index (χ4n) is 8.39. The van der Waals surface area contributed by atoms with E-state index in [2.05, 4.69) is 25.2 Å². The van der Waals surface area contributed by atoms with E-state index in [0.29, 0.717) is 53.3 Å². The molecule has 184 valence electrons. The van der Waals surface area contributed by atoms with Gasteiger partial charge in [-0.2, -0.15) is 0 Å². The van der Waals surface area contributed by atoms with Crippen molar-refractivity contribution in [2.45, 2.75) is 64.8 Å². The van der Waals surface area contributed by atoms with Crippen LogP contribution >= 0.6 is 0 Å². The van der Waals surface area contributed by atoms with Gasteiger partial charge in [0.1, 0.15) is 5.75 Å². The molecule has 0 aromatic heterocycles. The Balaban J connectivity index is 1.30. The fraction of sp³-hybridized carbons (Fsp3) is 0.643. The summed E-state index contributed by atoms with van der Waals surface area (Å²) in [7, 11) is 3.58. The number of carbonyl (C=O) groups excluding carboxylic acids is 2. The molecule has 6 heteroatoms. The largest absolute Gasteiger partial charge is 0.497 e. The molecule has 7 atom stereocenters. The van der Waals surface area contributed by atoms with Crippen molar-refractivity contribution in [3.63, 3.8) is 0 Å². The molecular formula is C28H39N3O3. The third kappa shape index (κ3) is 3.52. The third-order valence-corrected chi connectivity index (χ3v) is 10.3. The van der Waals surface area contributed by atoms with Crippen molar-refractivity contribution in [2.75, 3.05) is 25.2 Å². The molecule has 1 aliphatic heterocycles. The van der Waals surface area contributed by atoms with Crippen LogP contribution in [0.4, 0.5) is 11.4 Å². The first-order valence-corrected chi connectivity index (χ1v) is 12.9. The number of benzene rings is 1. The zero-order valence-electron chi connectivity index (χ0n) is 21.0. The second-order valence-corrected chi connectivity index (χ2v) is 11.6. The number of nitrogens with zero attached hydrogens (tertiary/aromatic N) is 1. The van der Waals surface area contributed by atoms with Crippen LogP contribution in [0.1, 0.15) is 58.8 Å². The van der Waals surface area contributed by atoms with E-state index in [0.717, 1.165) is 19.3 Å². The van der Waals surface area contributed by atoms with E-state index in [-0.39, 0.29) is 22.6 Å². The number of rotatable bonds is 4. The average molecular weight is 466 g/mol. The predicted octanol–water partition coefficient (Wildman–Crippen LogP) is 4.86. The van der Waals surface area contributed by atoms with Crippen LogP contribution in [0.3, 0.4) is 0 Å². The van der Waals surface area contributed by atoms with Gasteiger partial charge in [0, 0.05) is 31.0 Å². The molecule has 0 saturated heterocycles. The number of methoxy groups -OCH3 is 1. The summed E-state index contributed by atoms with van der Waals surface area (Å²) >= 11 is 0. The molecule has 0 bridgehead atoms. The van der Waals surface area contributed by atoms with Crippen molar-refractivity contribution < 1.29 is 14.3 Å². The second kappa shape index (κ2) is 8.31. The molecule has 5 rings (SSSR count). The molecular weight excluding hydrogens is 426 g/mol. The highest BCUT2D eigenvalue weighted by Gasteiger charge is 2.60. The molecule has 3 saturated carbocycles.